The molecule has 0 aromatic heterocycles. The van der Waals surface area contributed by atoms with Crippen molar-refractivity contribution in [2.45, 2.75) is 32.6 Å². The SMILES string of the molecule is COc1cc(CC(=O)CBr)c(F)cc1C(C)(C)C. The Kier molecular flexibility index (Phi) is 4.91. The molecule has 0 fully saturated rings. The zero-order valence-corrected chi connectivity index (χ0v) is 12.7. The maximum atomic E-state index is 14.0. The Hall–Kier alpha value is -0.900. The summed E-state index contributed by atoms with van der Waals surface area (Å²) < 4.78 is 19.3. The minimum absolute atomic E-state index is 0.0561. The van der Waals surface area contributed by atoms with Crippen LogP contribution in [0.4, 0.5) is 4.39 Å². The number of ether oxygens (including phenoxy) is 1. The molecule has 0 atom stereocenters. The lowest BCUT2D eigenvalue weighted by Gasteiger charge is -2.23. The zero-order valence-electron chi connectivity index (χ0n) is 11.1. The van der Waals surface area contributed by atoms with Gasteiger partial charge in [0.25, 0.3) is 0 Å². The molecule has 1 aromatic carbocycles. The van der Waals surface area contributed by atoms with Crippen molar-refractivity contribution in [1.29, 1.82) is 0 Å². The van der Waals surface area contributed by atoms with Crippen molar-refractivity contribution in [3.63, 3.8) is 0 Å². The van der Waals surface area contributed by atoms with E-state index in [0.29, 0.717) is 11.3 Å². The summed E-state index contributed by atoms with van der Waals surface area (Å²) in [6, 6.07) is 3.09. The number of methoxy groups -OCH3 is 1. The molecule has 0 spiro atoms. The van der Waals surface area contributed by atoms with Crippen LogP contribution < -0.4 is 4.74 Å². The fourth-order valence-corrected chi connectivity index (χ4v) is 1.94. The number of halogens is 2. The first-order chi connectivity index (χ1) is 8.29. The van der Waals surface area contributed by atoms with E-state index in [2.05, 4.69) is 15.9 Å². The zero-order chi connectivity index (χ0) is 13.9. The van der Waals surface area contributed by atoms with Crippen molar-refractivity contribution in [2.24, 2.45) is 0 Å². The van der Waals surface area contributed by atoms with E-state index in [0.717, 1.165) is 5.56 Å². The summed E-state index contributed by atoms with van der Waals surface area (Å²) in [6.07, 6.45) is 0.0812. The van der Waals surface area contributed by atoms with Gasteiger partial charge in [-0.1, -0.05) is 36.7 Å². The number of carbonyl (C=O) groups excluding carboxylic acids is 1. The number of ketones is 1. The van der Waals surface area contributed by atoms with Crippen molar-refractivity contribution in [3.05, 3.63) is 29.1 Å². The van der Waals surface area contributed by atoms with Crippen LogP contribution in [0.3, 0.4) is 0 Å². The van der Waals surface area contributed by atoms with Crippen LogP contribution in [0.2, 0.25) is 0 Å². The second-order valence-electron chi connectivity index (χ2n) is 5.24. The van der Waals surface area contributed by atoms with Gasteiger partial charge < -0.3 is 4.74 Å². The molecule has 0 aliphatic rings. The fourth-order valence-electron chi connectivity index (χ4n) is 1.75. The maximum absolute atomic E-state index is 14.0. The van der Waals surface area contributed by atoms with Crippen LogP contribution in [0, 0.1) is 5.82 Å². The van der Waals surface area contributed by atoms with Gasteiger partial charge in [0.1, 0.15) is 17.3 Å². The van der Waals surface area contributed by atoms with E-state index in [9.17, 15) is 9.18 Å². The van der Waals surface area contributed by atoms with Crippen molar-refractivity contribution in [2.75, 3.05) is 12.4 Å². The first kappa shape index (κ1) is 15.2. The Morgan fingerprint density at radius 3 is 2.44 bits per heavy atom. The van der Waals surface area contributed by atoms with Crippen LogP contribution in [0.1, 0.15) is 31.9 Å². The number of carbonyl (C=O) groups is 1. The lowest BCUT2D eigenvalue weighted by molar-refractivity contribution is -0.115. The molecule has 0 aliphatic heterocycles. The molecule has 0 N–H and O–H groups in total. The predicted molar refractivity (Wildman–Crippen MR) is 74.2 cm³/mol. The molecule has 0 amide bonds. The van der Waals surface area contributed by atoms with Gasteiger partial charge in [-0.15, -0.1) is 0 Å². The van der Waals surface area contributed by atoms with Crippen LogP contribution in [0.5, 0.6) is 5.75 Å². The van der Waals surface area contributed by atoms with Gasteiger partial charge in [0, 0.05) is 12.0 Å². The van der Waals surface area contributed by atoms with Gasteiger partial charge in [0.05, 0.1) is 12.4 Å². The molecule has 0 saturated heterocycles. The highest BCUT2D eigenvalue weighted by molar-refractivity contribution is 9.09. The predicted octanol–water partition coefficient (Wildman–Crippen LogP) is 3.64. The van der Waals surface area contributed by atoms with Gasteiger partial charge >= 0.3 is 0 Å². The molecule has 100 valence electrons. The fraction of sp³-hybridized carbons (Fsp3) is 0.500. The summed E-state index contributed by atoms with van der Waals surface area (Å²) in [6.45, 7) is 5.98. The molecule has 0 radical (unpaired) electrons. The minimum Gasteiger partial charge on any atom is -0.496 e. The van der Waals surface area contributed by atoms with Gasteiger partial charge in [-0.3, -0.25) is 4.79 Å². The normalized spacial score (nSPS) is 11.4. The molecular weight excluding hydrogens is 299 g/mol. The van der Waals surface area contributed by atoms with Gasteiger partial charge in [0.15, 0.2) is 0 Å². The molecule has 0 saturated carbocycles. The monoisotopic (exact) mass is 316 g/mol. The average Bonchev–Trinajstić information content (AvgIpc) is 2.29. The van der Waals surface area contributed by atoms with E-state index < -0.39 is 0 Å². The third kappa shape index (κ3) is 3.55. The Morgan fingerprint density at radius 2 is 2.00 bits per heavy atom. The van der Waals surface area contributed by atoms with Gasteiger partial charge in [-0.25, -0.2) is 4.39 Å². The largest absolute Gasteiger partial charge is 0.496 e. The number of hydrogen-bond acceptors (Lipinski definition) is 2. The Labute approximate surface area is 116 Å². The first-order valence-electron chi connectivity index (χ1n) is 5.74. The second-order valence-corrected chi connectivity index (χ2v) is 5.80. The smallest absolute Gasteiger partial charge is 0.147 e. The second kappa shape index (κ2) is 5.83. The maximum Gasteiger partial charge on any atom is 0.147 e. The first-order valence-corrected chi connectivity index (χ1v) is 6.86. The van der Waals surface area contributed by atoms with E-state index in [1.807, 2.05) is 20.8 Å². The molecule has 4 heteroatoms. The molecule has 0 aliphatic carbocycles. The topological polar surface area (TPSA) is 26.3 Å². The third-order valence-corrected chi connectivity index (χ3v) is 3.34. The molecule has 2 nitrogen and oxygen atoms in total. The molecule has 18 heavy (non-hydrogen) atoms. The average molecular weight is 317 g/mol. The standard InChI is InChI=1S/C14H18BrFO2/c1-14(2,3)11-7-12(16)9(5-10(17)8-15)6-13(11)18-4/h6-7H,5,8H2,1-4H3. The van der Waals surface area contributed by atoms with Crippen molar-refractivity contribution >= 4 is 21.7 Å². The van der Waals surface area contributed by atoms with Crippen molar-refractivity contribution < 1.29 is 13.9 Å². The van der Waals surface area contributed by atoms with E-state index in [-0.39, 0.29) is 28.8 Å². The Morgan fingerprint density at radius 1 is 1.39 bits per heavy atom. The molecule has 0 bridgehead atoms. The van der Waals surface area contributed by atoms with E-state index in [1.54, 1.807) is 13.2 Å². The number of benzene rings is 1. The van der Waals surface area contributed by atoms with Gasteiger partial charge in [0.2, 0.25) is 0 Å². The summed E-state index contributed by atoms with van der Waals surface area (Å²) in [5.74, 6) is 0.218. The minimum atomic E-state index is -0.352. The van der Waals surface area contributed by atoms with Gasteiger partial charge in [-0.05, 0) is 23.1 Å². The Balaban J connectivity index is 3.22. The van der Waals surface area contributed by atoms with E-state index in [4.69, 9.17) is 4.74 Å². The van der Waals surface area contributed by atoms with Crippen LogP contribution in [0.15, 0.2) is 12.1 Å². The highest BCUT2D eigenvalue weighted by Gasteiger charge is 2.22. The van der Waals surface area contributed by atoms with Crippen LogP contribution in [-0.2, 0) is 16.6 Å². The molecule has 0 heterocycles. The van der Waals surface area contributed by atoms with Crippen LogP contribution in [0.25, 0.3) is 0 Å². The lowest BCUT2D eigenvalue weighted by atomic mass is 9.85. The summed E-state index contributed by atoms with van der Waals surface area (Å²) >= 11 is 3.08. The summed E-state index contributed by atoms with van der Waals surface area (Å²) in [4.78, 5) is 11.4. The molecule has 1 aromatic rings. The summed E-state index contributed by atoms with van der Waals surface area (Å²) in [5.41, 5.74) is 0.978. The van der Waals surface area contributed by atoms with Crippen molar-refractivity contribution in [1.82, 2.24) is 0 Å². The molecule has 1 rings (SSSR count). The number of hydrogen-bond donors (Lipinski definition) is 0. The van der Waals surface area contributed by atoms with E-state index >= 15 is 0 Å². The van der Waals surface area contributed by atoms with Crippen LogP contribution in [-0.4, -0.2) is 18.2 Å². The third-order valence-electron chi connectivity index (χ3n) is 2.71. The van der Waals surface area contributed by atoms with E-state index in [1.165, 1.54) is 6.07 Å². The van der Waals surface area contributed by atoms with Crippen molar-refractivity contribution in [3.8, 4) is 5.75 Å². The highest BCUT2D eigenvalue weighted by Crippen LogP contribution is 2.33. The lowest BCUT2D eigenvalue weighted by Crippen LogP contribution is -2.15. The number of rotatable bonds is 4. The summed E-state index contributed by atoms with van der Waals surface area (Å²) in [7, 11) is 1.55. The highest BCUT2D eigenvalue weighted by atomic mass is 79.9. The van der Waals surface area contributed by atoms with Gasteiger partial charge in [-0.2, -0.15) is 0 Å². The number of alkyl halides is 1. The quantitative estimate of drug-likeness (QED) is 0.793. The Bertz CT molecular complexity index is 450. The van der Waals surface area contributed by atoms with Crippen LogP contribution >= 0.6 is 15.9 Å². The molecule has 0 unspecified atom stereocenters. The molecular formula is C14H18BrFO2. The number of Topliss-reactive ketones (excluding diaryl/α,β-unsaturated/α-hetero) is 1. The summed E-state index contributed by atoms with van der Waals surface area (Å²) in [5, 5.41) is 0.232.